The molecule has 0 spiro atoms. The van der Waals surface area contributed by atoms with Gasteiger partial charge in [-0.1, -0.05) is 6.08 Å². The Labute approximate surface area is 216 Å². The molecule has 0 saturated carbocycles. The van der Waals surface area contributed by atoms with E-state index in [4.69, 9.17) is 9.47 Å². The summed E-state index contributed by atoms with van der Waals surface area (Å²) in [6.45, 7) is 6.54. The average Bonchev–Trinajstić information content (AvgIpc) is 3.10. The summed E-state index contributed by atoms with van der Waals surface area (Å²) in [6, 6.07) is -0.547. The summed E-state index contributed by atoms with van der Waals surface area (Å²) in [4.78, 5) is 13.8. The molecule has 2 aliphatic heterocycles. The van der Waals surface area contributed by atoms with E-state index in [9.17, 15) is 27.1 Å². The quantitative estimate of drug-likeness (QED) is 0.370. The van der Waals surface area contributed by atoms with E-state index in [-0.39, 0.29) is 34.6 Å². The minimum absolute atomic E-state index is 0.0138. The number of aromatic nitrogens is 1. The van der Waals surface area contributed by atoms with Crippen molar-refractivity contribution in [2.24, 2.45) is 13.0 Å². The minimum Gasteiger partial charge on any atom is -0.488 e. The molecule has 2 unspecified atom stereocenters. The summed E-state index contributed by atoms with van der Waals surface area (Å²) in [5, 5.41) is 13.5. The molecule has 0 radical (unpaired) electrons. The van der Waals surface area contributed by atoms with Crippen LogP contribution in [0.3, 0.4) is 0 Å². The van der Waals surface area contributed by atoms with Crippen LogP contribution in [0.15, 0.2) is 34.8 Å². The van der Waals surface area contributed by atoms with Gasteiger partial charge < -0.3 is 29.4 Å². The number of likely N-dealkylation sites (tertiary alicyclic amines) is 1. The molecule has 1 amide bonds. The first-order valence-corrected chi connectivity index (χ1v) is 13.6. The van der Waals surface area contributed by atoms with Crippen molar-refractivity contribution in [2.75, 3.05) is 26.4 Å². The highest BCUT2D eigenvalue weighted by Crippen LogP contribution is 2.37. The molecule has 10 nitrogen and oxygen atoms in total. The Balaban J connectivity index is 1.74. The summed E-state index contributed by atoms with van der Waals surface area (Å²) in [5.41, 5.74) is -0.371. The van der Waals surface area contributed by atoms with E-state index in [1.54, 1.807) is 39.6 Å². The van der Waals surface area contributed by atoms with Crippen LogP contribution in [0.2, 0.25) is 0 Å². The number of ether oxygens (including phenoxy) is 2. The summed E-state index contributed by atoms with van der Waals surface area (Å²) in [5.74, 6) is -1.13. The lowest BCUT2D eigenvalue weighted by Crippen LogP contribution is -2.49. The molecule has 1 saturated heterocycles. The third-order valence-corrected chi connectivity index (χ3v) is 7.71. The van der Waals surface area contributed by atoms with Gasteiger partial charge in [0.1, 0.15) is 35.3 Å². The Morgan fingerprint density at radius 3 is 2.59 bits per heavy atom. The van der Waals surface area contributed by atoms with Crippen LogP contribution in [0.1, 0.15) is 52.5 Å². The van der Waals surface area contributed by atoms with E-state index >= 15 is 0 Å². The molecular weight excluding hydrogens is 510 g/mol. The maximum Gasteiger partial charge on any atom is 0.410 e. The third-order valence-electron chi connectivity index (χ3n) is 6.22. The van der Waals surface area contributed by atoms with Crippen molar-refractivity contribution in [3.63, 3.8) is 0 Å². The summed E-state index contributed by atoms with van der Waals surface area (Å²) in [6.07, 6.45) is 2.93. The molecule has 2 atom stereocenters. The zero-order valence-electron chi connectivity index (χ0n) is 21.8. The van der Waals surface area contributed by atoms with Gasteiger partial charge in [0.2, 0.25) is 10.0 Å². The second-order valence-corrected chi connectivity index (χ2v) is 11.9. The first-order valence-electron chi connectivity index (χ1n) is 12.1. The molecule has 3 heterocycles. The molecule has 2 aliphatic rings. The van der Waals surface area contributed by atoms with Gasteiger partial charge in [0, 0.05) is 32.0 Å². The highest BCUT2D eigenvalue weighted by Gasteiger charge is 2.39. The molecule has 37 heavy (non-hydrogen) atoms. The molecule has 0 aliphatic carbocycles. The van der Waals surface area contributed by atoms with Crippen molar-refractivity contribution in [1.82, 2.24) is 19.5 Å². The molecule has 13 heteroatoms. The van der Waals surface area contributed by atoms with Crippen molar-refractivity contribution in [3.05, 3.63) is 35.6 Å². The number of nitrogens with zero attached hydrogens (tertiary/aromatic N) is 2. The van der Waals surface area contributed by atoms with Crippen LogP contribution >= 0.6 is 0 Å². The predicted octanol–water partition coefficient (Wildman–Crippen LogP) is 3.02. The Kier molecular flexibility index (Phi) is 8.91. The van der Waals surface area contributed by atoms with Crippen molar-refractivity contribution in [2.45, 2.75) is 63.3 Å². The number of nitrogens with one attached hydrogen (secondary N) is 2. The van der Waals surface area contributed by atoms with Gasteiger partial charge in [0.15, 0.2) is 12.0 Å². The maximum absolute atomic E-state index is 13.4. The minimum atomic E-state index is -4.00. The van der Waals surface area contributed by atoms with E-state index in [2.05, 4.69) is 10.0 Å². The number of aliphatic hydroxyl groups excluding tert-OH is 1. The molecule has 208 valence electrons. The topological polar surface area (TPSA) is 122 Å². The number of fused-ring (bicyclic) bond motifs is 1. The first-order chi connectivity index (χ1) is 17.3. The van der Waals surface area contributed by atoms with Crippen LogP contribution in [0.4, 0.5) is 13.6 Å². The standard InChI is InChI=1S/C24H36F2N4O6S/c1-6-17(11-16(26)12-25)27-22(31)20-21-19(13-29(20)5)37(33,34)28-18(14-35-21)15-7-9-30(10-8-15)23(32)36-24(2,3)4/h6,11,13,15,18,22,27-28,31H,7-10,12,14H2,1-5H3/b16-11+,17-6+. The monoisotopic (exact) mass is 546 g/mol. The van der Waals surface area contributed by atoms with Gasteiger partial charge in [-0.2, -0.15) is 0 Å². The fraction of sp³-hybridized carbons (Fsp3) is 0.625. The largest absolute Gasteiger partial charge is 0.488 e. The number of hydrogen-bond acceptors (Lipinski definition) is 7. The van der Waals surface area contributed by atoms with Gasteiger partial charge in [0.05, 0.1) is 6.04 Å². The van der Waals surface area contributed by atoms with Crippen molar-refractivity contribution < 1.29 is 36.6 Å². The number of aryl methyl sites for hydroxylation is 1. The summed E-state index contributed by atoms with van der Waals surface area (Å²) in [7, 11) is -2.45. The summed E-state index contributed by atoms with van der Waals surface area (Å²) < 4.78 is 67.9. The van der Waals surface area contributed by atoms with Crippen LogP contribution in [-0.4, -0.2) is 67.1 Å². The van der Waals surface area contributed by atoms with Crippen LogP contribution in [-0.2, 0) is 21.8 Å². The van der Waals surface area contributed by atoms with E-state index in [1.807, 2.05) is 0 Å². The number of alkyl halides is 1. The van der Waals surface area contributed by atoms with Crippen molar-refractivity contribution in [3.8, 4) is 5.75 Å². The molecule has 3 rings (SSSR count). The van der Waals surface area contributed by atoms with Gasteiger partial charge in [-0.25, -0.2) is 26.7 Å². The number of halogens is 2. The number of rotatable bonds is 6. The molecule has 0 aromatic carbocycles. The first kappa shape index (κ1) is 28.9. The van der Waals surface area contributed by atoms with Crippen LogP contribution in [0.25, 0.3) is 0 Å². The van der Waals surface area contributed by atoms with Crippen molar-refractivity contribution in [1.29, 1.82) is 0 Å². The number of piperidine rings is 1. The van der Waals surface area contributed by atoms with E-state index in [0.717, 1.165) is 6.08 Å². The maximum atomic E-state index is 13.4. The second-order valence-electron chi connectivity index (χ2n) is 10.2. The summed E-state index contributed by atoms with van der Waals surface area (Å²) >= 11 is 0. The van der Waals surface area contributed by atoms with E-state index in [1.165, 1.54) is 16.8 Å². The van der Waals surface area contributed by atoms with Gasteiger partial charge in [-0.15, -0.1) is 0 Å². The Morgan fingerprint density at radius 2 is 2.03 bits per heavy atom. The van der Waals surface area contributed by atoms with Gasteiger partial charge in [-0.3, -0.25) is 0 Å². The second kappa shape index (κ2) is 11.4. The highest BCUT2D eigenvalue weighted by molar-refractivity contribution is 7.89. The number of sulfonamides is 1. The molecule has 1 aromatic rings. The Bertz CT molecular complexity index is 1150. The number of allylic oxidation sites excluding steroid dienone is 3. The number of carbonyl (C=O) groups excluding carboxylic acids is 1. The average molecular weight is 547 g/mol. The Morgan fingerprint density at radius 1 is 1.38 bits per heavy atom. The van der Waals surface area contributed by atoms with Crippen LogP contribution in [0.5, 0.6) is 5.75 Å². The fourth-order valence-corrected chi connectivity index (χ4v) is 5.89. The molecule has 0 bridgehead atoms. The van der Waals surface area contributed by atoms with Crippen LogP contribution < -0.4 is 14.8 Å². The lowest BCUT2D eigenvalue weighted by molar-refractivity contribution is 0.0165. The van der Waals surface area contributed by atoms with Crippen LogP contribution in [0, 0.1) is 5.92 Å². The zero-order valence-corrected chi connectivity index (χ0v) is 22.6. The number of carbonyl (C=O) groups is 1. The molecule has 1 fully saturated rings. The van der Waals surface area contributed by atoms with E-state index in [0.29, 0.717) is 25.9 Å². The van der Waals surface area contributed by atoms with Gasteiger partial charge in [-0.05, 0) is 52.5 Å². The fourth-order valence-electron chi connectivity index (χ4n) is 4.40. The number of amides is 1. The molecule has 1 aromatic heterocycles. The Hall–Kier alpha value is -2.64. The van der Waals surface area contributed by atoms with Gasteiger partial charge in [0.25, 0.3) is 0 Å². The smallest absolute Gasteiger partial charge is 0.410 e. The number of aliphatic hydroxyl groups is 1. The van der Waals surface area contributed by atoms with E-state index < -0.39 is 46.5 Å². The lowest BCUT2D eigenvalue weighted by atomic mass is 9.90. The highest BCUT2D eigenvalue weighted by atomic mass is 32.2. The predicted molar refractivity (Wildman–Crippen MR) is 133 cm³/mol. The third kappa shape index (κ3) is 7.02. The molecule has 3 N–H and O–H groups in total. The normalized spacial score (nSPS) is 22.1. The van der Waals surface area contributed by atoms with Crippen molar-refractivity contribution >= 4 is 16.1 Å². The lowest BCUT2D eigenvalue weighted by Gasteiger charge is -2.36. The number of hydrogen-bond donors (Lipinski definition) is 3. The SMILES string of the molecule is C/C=C(\C=C(\F)CF)NC(O)c1c2c(cn1C)S(=O)(=O)NC(C1CCN(C(=O)OC(C)(C)C)CC1)CO2. The zero-order chi connectivity index (χ0) is 27.5. The molecular formula is C24H36F2N4O6S. The van der Waals surface area contributed by atoms with Gasteiger partial charge >= 0.3 is 6.09 Å².